The first-order valence-corrected chi connectivity index (χ1v) is 20.7. The Morgan fingerprint density at radius 2 is 0.815 bits per heavy atom. The summed E-state index contributed by atoms with van der Waals surface area (Å²) < 4.78 is 6.19. The summed E-state index contributed by atoms with van der Waals surface area (Å²) in [6.45, 7) is 4.70. The third-order valence-electron chi connectivity index (χ3n) is 8.33. The molecule has 160 valence electrons. The topological polar surface area (TPSA) is 0 Å². The maximum atomic E-state index is 2.35. The Bertz CT molecular complexity index is 304. The van der Waals surface area contributed by atoms with E-state index in [-0.39, 0.29) is 0 Å². The number of unbranched alkanes of at least 4 members (excludes halogenated alkanes) is 10. The molecule has 27 heavy (non-hydrogen) atoms. The third-order valence-corrected chi connectivity index (χ3v) is 28.2. The second-order valence-electron chi connectivity index (χ2n) is 10.2. The second kappa shape index (κ2) is 14.7. The van der Waals surface area contributed by atoms with Crippen LogP contribution in [0.25, 0.3) is 0 Å². The van der Waals surface area contributed by atoms with Gasteiger partial charge in [-0.1, -0.05) is 0 Å². The van der Waals surface area contributed by atoms with E-state index in [1.807, 2.05) is 0 Å². The molecule has 0 aromatic rings. The van der Waals surface area contributed by atoms with Crippen LogP contribution in [0.3, 0.4) is 0 Å². The summed E-state index contributed by atoms with van der Waals surface area (Å²) in [5.41, 5.74) is 0. The molecule has 0 spiro atoms. The van der Waals surface area contributed by atoms with Gasteiger partial charge >= 0.3 is 177 Å². The van der Waals surface area contributed by atoms with Crippen molar-refractivity contribution in [2.75, 3.05) is 0 Å². The van der Waals surface area contributed by atoms with Crippen LogP contribution in [-0.2, 0) is 0 Å². The first-order valence-electron chi connectivity index (χ1n) is 13.3. The molecule has 0 atom stereocenters. The molecular formula is C26H52Sn. The van der Waals surface area contributed by atoms with Gasteiger partial charge in [0, 0.05) is 0 Å². The van der Waals surface area contributed by atoms with Crippen LogP contribution in [0.5, 0.6) is 0 Å². The van der Waals surface area contributed by atoms with Gasteiger partial charge in [-0.05, 0) is 0 Å². The predicted octanol–water partition coefficient (Wildman–Crippen LogP) is 10.0. The molecule has 0 N–H and O–H groups in total. The Kier molecular flexibility index (Phi) is 13.1. The van der Waals surface area contributed by atoms with E-state index < -0.39 is 18.4 Å². The molecule has 0 unspecified atom stereocenters. The van der Waals surface area contributed by atoms with Gasteiger partial charge in [-0.25, -0.2) is 0 Å². The van der Waals surface area contributed by atoms with Crippen molar-refractivity contribution < 1.29 is 0 Å². The van der Waals surface area contributed by atoms with E-state index in [2.05, 4.69) is 13.8 Å². The summed E-state index contributed by atoms with van der Waals surface area (Å²) in [5.74, 6) is 0. The van der Waals surface area contributed by atoms with Crippen molar-refractivity contribution in [3.05, 3.63) is 0 Å². The van der Waals surface area contributed by atoms with Crippen molar-refractivity contribution in [1.29, 1.82) is 0 Å². The molecule has 0 aromatic heterocycles. The van der Waals surface area contributed by atoms with Gasteiger partial charge in [0.1, 0.15) is 0 Å². The van der Waals surface area contributed by atoms with E-state index in [4.69, 9.17) is 0 Å². The zero-order chi connectivity index (χ0) is 19.2. The maximum absolute atomic E-state index is 2.35. The molecule has 0 amide bonds. The zero-order valence-corrected chi connectivity index (χ0v) is 22.1. The van der Waals surface area contributed by atoms with Crippen LogP contribution in [0.1, 0.15) is 142 Å². The van der Waals surface area contributed by atoms with Crippen LogP contribution in [-0.4, -0.2) is 18.4 Å². The molecule has 0 radical (unpaired) electrons. The Labute approximate surface area is 176 Å². The Hall–Kier alpha value is 0.799. The van der Waals surface area contributed by atoms with Crippen molar-refractivity contribution in [2.45, 2.75) is 159 Å². The van der Waals surface area contributed by atoms with Crippen LogP contribution in [0.2, 0.25) is 16.7 Å². The summed E-state index contributed by atoms with van der Waals surface area (Å²) in [6, 6.07) is 0. The molecule has 0 nitrogen and oxygen atoms in total. The number of rotatable bonds is 16. The third kappa shape index (κ3) is 8.21. The Morgan fingerprint density at radius 3 is 1.19 bits per heavy atom. The molecule has 0 aliphatic heterocycles. The molecule has 2 rings (SSSR count). The number of hydrogen-bond acceptors (Lipinski definition) is 0. The van der Waals surface area contributed by atoms with E-state index >= 15 is 0 Å². The Balaban J connectivity index is 1.90. The molecule has 2 saturated carbocycles. The molecule has 2 fully saturated rings. The average Bonchev–Trinajstić information content (AvgIpc) is 3.40. The fraction of sp³-hybridized carbons (Fsp3) is 1.00. The standard InChI is InChI=1S/2C8H17.2C5H9.Sn/c2*1-3-5-7-8-6-4-2;2*1-2-4-5-3-1;/h2*1,3-8H2,2H3;2*1H,2-5H2;. The van der Waals surface area contributed by atoms with Crippen molar-refractivity contribution in [3.63, 3.8) is 0 Å². The second-order valence-corrected chi connectivity index (χ2v) is 24.8. The van der Waals surface area contributed by atoms with Crippen LogP contribution < -0.4 is 0 Å². The first kappa shape index (κ1) is 24.1. The van der Waals surface area contributed by atoms with E-state index in [9.17, 15) is 0 Å². The summed E-state index contributed by atoms with van der Waals surface area (Å²) in [7, 11) is 0. The van der Waals surface area contributed by atoms with Gasteiger partial charge in [-0.2, -0.15) is 0 Å². The summed E-state index contributed by atoms with van der Waals surface area (Å²) in [5, 5.41) is 0. The zero-order valence-electron chi connectivity index (χ0n) is 19.2. The molecule has 0 bridgehead atoms. The van der Waals surface area contributed by atoms with E-state index in [0.717, 1.165) is 0 Å². The fourth-order valence-corrected chi connectivity index (χ4v) is 28.1. The van der Waals surface area contributed by atoms with Gasteiger partial charge in [0.15, 0.2) is 0 Å². The molecule has 0 aromatic carbocycles. The molecular weight excluding hydrogens is 431 g/mol. The van der Waals surface area contributed by atoms with Crippen LogP contribution in [0, 0.1) is 0 Å². The molecule has 0 saturated heterocycles. The van der Waals surface area contributed by atoms with E-state index in [1.165, 1.54) is 59.2 Å². The fourth-order valence-electron chi connectivity index (χ4n) is 6.75. The van der Waals surface area contributed by atoms with E-state index in [0.29, 0.717) is 0 Å². The normalized spacial score (nSPS) is 19.3. The quantitative estimate of drug-likeness (QED) is 0.151. The summed E-state index contributed by atoms with van der Waals surface area (Å²) in [6.07, 6.45) is 31.2. The summed E-state index contributed by atoms with van der Waals surface area (Å²) in [4.78, 5) is 0. The number of hydrogen-bond donors (Lipinski definition) is 0. The van der Waals surface area contributed by atoms with Crippen molar-refractivity contribution in [2.24, 2.45) is 0 Å². The van der Waals surface area contributed by atoms with Crippen molar-refractivity contribution in [1.82, 2.24) is 0 Å². The minimum atomic E-state index is -2.00. The van der Waals surface area contributed by atoms with Gasteiger partial charge in [0.25, 0.3) is 0 Å². The molecule has 2 aliphatic rings. The SMILES string of the molecule is CCCCCCC[CH2][Sn]([CH2]CCCCCCC)([CH]1CCCC1)[CH]1CCCC1. The first-order chi connectivity index (χ1) is 13.3. The van der Waals surface area contributed by atoms with Gasteiger partial charge in [0.2, 0.25) is 0 Å². The summed E-state index contributed by atoms with van der Waals surface area (Å²) >= 11 is -2.00. The van der Waals surface area contributed by atoms with Gasteiger partial charge in [0.05, 0.1) is 0 Å². The average molecular weight is 483 g/mol. The Morgan fingerprint density at radius 1 is 0.481 bits per heavy atom. The van der Waals surface area contributed by atoms with Crippen LogP contribution in [0.15, 0.2) is 0 Å². The molecule has 2 aliphatic carbocycles. The minimum absolute atomic E-state index is 1.30. The molecule has 0 heterocycles. The van der Waals surface area contributed by atoms with Crippen LogP contribution >= 0.6 is 0 Å². The van der Waals surface area contributed by atoms with Gasteiger partial charge < -0.3 is 0 Å². The van der Waals surface area contributed by atoms with E-state index in [1.54, 1.807) is 85.9 Å². The van der Waals surface area contributed by atoms with Crippen LogP contribution in [0.4, 0.5) is 0 Å². The molecule has 1 heteroatoms. The van der Waals surface area contributed by atoms with Gasteiger partial charge in [-0.15, -0.1) is 0 Å². The van der Waals surface area contributed by atoms with Crippen molar-refractivity contribution in [3.8, 4) is 0 Å². The monoisotopic (exact) mass is 484 g/mol. The van der Waals surface area contributed by atoms with Crippen molar-refractivity contribution >= 4 is 18.4 Å². The predicted molar refractivity (Wildman–Crippen MR) is 127 cm³/mol. The van der Waals surface area contributed by atoms with Gasteiger partial charge in [-0.3, -0.25) is 0 Å².